The zero-order valence-corrected chi connectivity index (χ0v) is 16.5. The van der Waals surface area contributed by atoms with E-state index in [-0.39, 0.29) is 41.0 Å². The Balaban J connectivity index is 1.42. The van der Waals surface area contributed by atoms with Gasteiger partial charge in [0.25, 0.3) is 5.91 Å². The number of rotatable bonds is 4. The van der Waals surface area contributed by atoms with Gasteiger partial charge in [0.1, 0.15) is 11.9 Å². The van der Waals surface area contributed by atoms with E-state index in [4.69, 9.17) is 16.3 Å². The van der Waals surface area contributed by atoms with Crippen molar-refractivity contribution in [3.8, 4) is 17.4 Å². The van der Waals surface area contributed by atoms with Crippen molar-refractivity contribution in [3.05, 3.63) is 65.5 Å². The van der Waals surface area contributed by atoms with Gasteiger partial charge in [0.2, 0.25) is 0 Å². The Morgan fingerprint density at radius 3 is 2.60 bits per heavy atom. The Morgan fingerprint density at radius 2 is 1.87 bits per heavy atom. The van der Waals surface area contributed by atoms with E-state index >= 15 is 0 Å². The molecule has 2 aliphatic rings. The van der Waals surface area contributed by atoms with E-state index in [9.17, 15) is 9.18 Å². The number of likely N-dealkylation sites (tertiary alicyclic amines) is 1. The standard InChI is InChI=1S/C21H17ClFN5O2/c22-13-9-26-21(27-10-13)30-17-8-12-7-16(17)28(11-12)20(29)14-3-1-4-15(23)18(14)19-24-5-2-6-25-19/h1-6,9-10,12,16-17H,7-8,11H2/t12-,16+,17-/m1/s1. The summed E-state index contributed by atoms with van der Waals surface area (Å²) in [6.07, 6.45) is 7.42. The van der Waals surface area contributed by atoms with Gasteiger partial charge in [-0.3, -0.25) is 4.79 Å². The predicted molar refractivity (Wildman–Crippen MR) is 106 cm³/mol. The van der Waals surface area contributed by atoms with Crippen LogP contribution in [-0.2, 0) is 0 Å². The third kappa shape index (κ3) is 3.37. The molecule has 2 fully saturated rings. The number of amides is 1. The molecule has 2 bridgehead atoms. The van der Waals surface area contributed by atoms with Crippen molar-refractivity contribution >= 4 is 17.5 Å². The summed E-state index contributed by atoms with van der Waals surface area (Å²) in [6.45, 7) is 0.608. The zero-order valence-electron chi connectivity index (χ0n) is 15.8. The monoisotopic (exact) mass is 425 g/mol. The van der Waals surface area contributed by atoms with Gasteiger partial charge < -0.3 is 9.64 Å². The highest BCUT2D eigenvalue weighted by Crippen LogP contribution is 2.41. The van der Waals surface area contributed by atoms with E-state index < -0.39 is 5.82 Å². The first-order valence-corrected chi connectivity index (χ1v) is 9.99. The molecule has 3 atom stereocenters. The summed E-state index contributed by atoms with van der Waals surface area (Å²) in [6, 6.07) is 6.19. The van der Waals surface area contributed by atoms with E-state index in [1.165, 1.54) is 36.9 Å². The number of hydrogen-bond acceptors (Lipinski definition) is 6. The minimum absolute atomic E-state index is 0.115. The summed E-state index contributed by atoms with van der Waals surface area (Å²) < 4.78 is 20.6. The molecule has 0 N–H and O–H groups in total. The maximum Gasteiger partial charge on any atom is 0.316 e. The maximum absolute atomic E-state index is 14.7. The minimum atomic E-state index is -0.529. The molecular formula is C21H17ClFN5O2. The number of fused-ring (bicyclic) bond motifs is 2. The topological polar surface area (TPSA) is 81.1 Å². The van der Waals surface area contributed by atoms with Crippen molar-refractivity contribution in [3.63, 3.8) is 0 Å². The number of carbonyl (C=O) groups is 1. The van der Waals surface area contributed by atoms with Crippen LogP contribution in [0.4, 0.5) is 4.39 Å². The number of carbonyl (C=O) groups excluding carboxylic acids is 1. The third-order valence-electron chi connectivity index (χ3n) is 5.57. The predicted octanol–water partition coefficient (Wildman–Crippen LogP) is 3.41. The Bertz CT molecular complexity index is 1080. The molecule has 1 saturated carbocycles. The third-order valence-corrected chi connectivity index (χ3v) is 5.77. The number of halogens is 2. The van der Waals surface area contributed by atoms with Gasteiger partial charge >= 0.3 is 6.01 Å². The number of aromatic nitrogens is 4. The normalized spacial score (nSPS) is 22.3. The zero-order chi connectivity index (χ0) is 20.7. The summed E-state index contributed by atoms with van der Waals surface area (Å²) >= 11 is 5.83. The van der Waals surface area contributed by atoms with Gasteiger partial charge in [-0.05, 0) is 37.0 Å². The Labute approximate surface area is 176 Å². The second kappa shape index (κ2) is 7.60. The van der Waals surface area contributed by atoms with Crippen LogP contribution in [0.2, 0.25) is 5.02 Å². The van der Waals surface area contributed by atoms with E-state index in [0.29, 0.717) is 17.5 Å². The largest absolute Gasteiger partial charge is 0.458 e. The number of piperidine rings is 1. The van der Waals surface area contributed by atoms with Crippen LogP contribution in [0, 0.1) is 11.7 Å². The first-order chi connectivity index (χ1) is 14.6. The SMILES string of the molecule is O=C(c1cccc(F)c1-c1ncccn1)N1C[C@H]2C[C@@H](Oc3ncc(Cl)cn3)[C@@H]1C2. The van der Waals surface area contributed by atoms with E-state index in [1.54, 1.807) is 17.0 Å². The molecule has 0 unspecified atom stereocenters. The van der Waals surface area contributed by atoms with E-state index in [1.807, 2.05) is 0 Å². The average molecular weight is 426 g/mol. The Hall–Kier alpha value is -3.13. The fraction of sp³-hybridized carbons (Fsp3) is 0.286. The molecule has 0 spiro atoms. The molecule has 152 valence electrons. The van der Waals surface area contributed by atoms with Crippen LogP contribution in [0.15, 0.2) is 49.1 Å². The lowest BCUT2D eigenvalue weighted by atomic mass is 10.0. The van der Waals surface area contributed by atoms with Crippen molar-refractivity contribution in [1.29, 1.82) is 0 Å². The molecule has 1 aliphatic carbocycles. The highest BCUT2D eigenvalue weighted by atomic mass is 35.5. The van der Waals surface area contributed by atoms with Crippen LogP contribution < -0.4 is 4.74 Å². The van der Waals surface area contributed by atoms with Crippen LogP contribution >= 0.6 is 11.6 Å². The molecule has 1 aliphatic heterocycles. The molecule has 3 heterocycles. The van der Waals surface area contributed by atoms with Gasteiger partial charge in [0.05, 0.1) is 34.6 Å². The van der Waals surface area contributed by atoms with Crippen molar-refractivity contribution in [1.82, 2.24) is 24.8 Å². The molecule has 5 rings (SSSR count). The Morgan fingerprint density at radius 1 is 1.10 bits per heavy atom. The summed E-state index contributed by atoms with van der Waals surface area (Å²) in [4.78, 5) is 31.6. The van der Waals surface area contributed by atoms with Crippen molar-refractivity contribution in [2.24, 2.45) is 5.92 Å². The number of ether oxygens (including phenoxy) is 1. The second-order valence-electron chi connectivity index (χ2n) is 7.44. The quantitative estimate of drug-likeness (QED) is 0.637. The maximum atomic E-state index is 14.7. The molecule has 2 aromatic heterocycles. The van der Waals surface area contributed by atoms with Gasteiger partial charge in [0.15, 0.2) is 5.82 Å². The first-order valence-electron chi connectivity index (χ1n) is 9.61. The molecule has 1 amide bonds. The fourth-order valence-electron chi connectivity index (χ4n) is 4.34. The Kier molecular flexibility index (Phi) is 4.78. The van der Waals surface area contributed by atoms with Crippen molar-refractivity contribution in [2.75, 3.05) is 6.54 Å². The lowest BCUT2D eigenvalue weighted by Crippen LogP contribution is -2.47. The summed E-state index contributed by atoms with van der Waals surface area (Å²) in [7, 11) is 0. The molecule has 1 saturated heterocycles. The minimum Gasteiger partial charge on any atom is -0.458 e. The van der Waals surface area contributed by atoms with Gasteiger partial charge in [-0.25, -0.2) is 24.3 Å². The lowest BCUT2D eigenvalue weighted by Gasteiger charge is -2.33. The van der Waals surface area contributed by atoms with Crippen molar-refractivity contribution in [2.45, 2.75) is 25.0 Å². The molecule has 3 aromatic rings. The van der Waals surface area contributed by atoms with Crippen LogP contribution in [0.25, 0.3) is 11.4 Å². The van der Waals surface area contributed by atoms with Crippen molar-refractivity contribution < 1.29 is 13.9 Å². The number of hydrogen-bond donors (Lipinski definition) is 0. The van der Waals surface area contributed by atoms with Gasteiger partial charge in [-0.2, -0.15) is 0 Å². The second-order valence-corrected chi connectivity index (χ2v) is 7.87. The first kappa shape index (κ1) is 18.9. The van der Waals surface area contributed by atoms with Crippen LogP contribution in [0.3, 0.4) is 0 Å². The van der Waals surface area contributed by atoms with Gasteiger partial charge in [0, 0.05) is 18.9 Å². The van der Waals surface area contributed by atoms with Crippen LogP contribution in [0.5, 0.6) is 6.01 Å². The number of nitrogens with zero attached hydrogens (tertiary/aromatic N) is 5. The van der Waals surface area contributed by atoms with Crippen LogP contribution in [0.1, 0.15) is 23.2 Å². The molecule has 0 radical (unpaired) electrons. The molecule has 7 nitrogen and oxygen atoms in total. The fourth-order valence-corrected chi connectivity index (χ4v) is 4.43. The smallest absolute Gasteiger partial charge is 0.316 e. The summed E-state index contributed by atoms with van der Waals surface area (Å²) in [5.41, 5.74) is 0.361. The lowest BCUT2D eigenvalue weighted by molar-refractivity contribution is 0.0453. The van der Waals surface area contributed by atoms with Gasteiger partial charge in [-0.15, -0.1) is 0 Å². The summed E-state index contributed by atoms with van der Waals surface area (Å²) in [5, 5.41) is 0.425. The van der Waals surface area contributed by atoms with Gasteiger partial charge in [-0.1, -0.05) is 17.7 Å². The molecular weight excluding hydrogens is 409 g/mol. The molecule has 1 aromatic carbocycles. The van der Waals surface area contributed by atoms with Crippen LogP contribution in [-0.4, -0.2) is 49.4 Å². The average Bonchev–Trinajstić information content (AvgIpc) is 3.36. The van der Waals surface area contributed by atoms with E-state index in [2.05, 4.69) is 19.9 Å². The van der Waals surface area contributed by atoms with E-state index in [0.717, 1.165) is 12.8 Å². The number of benzene rings is 1. The molecule has 30 heavy (non-hydrogen) atoms. The highest BCUT2D eigenvalue weighted by Gasteiger charge is 2.49. The molecule has 9 heteroatoms. The summed E-state index contributed by atoms with van der Waals surface area (Å²) in [5.74, 6) is -0.277. The highest BCUT2D eigenvalue weighted by molar-refractivity contribution is 6.30.